The quantitative estimate of drug-likeness (QED) is 0.169. The van der Waals surface area contributed by atoms with E-state index in [1.807, 2.05) is 24.3 Å². The molecule has 0 aliphatic rings. The average molecular weight is 771 g/mol. The van der Waals surface area contributed by atoms with Gasteiger partial charge in [0.15, 0.2) is 5.82 Å². The predicted octanol–water partition coefficient (Wildman–Crippen LogP) is 14.6. The fourth-order valence-corrected chi connectivity index (χ4v) is 9.09. The first kappa shape index (κ1) is 35.6. The van der Waals surface area contributed by atoms with E-state index < -0.39 is 0 Å². The third kappa shape index (κ3) is 5.91. The third-order valence-corrected chi connectivity index (χ3v) is 11.9. The van der Waals surface area contributed by atoms with Crippen LogP contribution >= 0.6 is 0 Å². The molecule has 0 aliphatic heterocycles. The summed E-state index contributed by atoms with van der Waals surface area (Å²) in [5, 5.41) is 5.02. The second kappa shape index (κ2) is 14.1. The molecule has 3 aromatic heterocycles. The van der Waals surface area contributed by atoms with Crippen molar-refractivity contribution in [1.29, 1.82) is 0 Å². The first-order valence-corrected chi connectivity index (χ1v) is 20.7. The fourth-order valence-electron chi connectivity index (χ4n) is 9.09. The summed E-state index contributed by atoms with van der Waals surface area (Å²) in [7, 11) is 0. The van der Waals surface area contributed by atoms with Crippen LogP contribution in [0.1, 0.15) is 22.3 Å². The first-order chi connectivity index (χ1) is 29.4. The topological polar surface area (TPSA) is 35.6 Å². The van der Waals surface area contributed by atoms with Gasteiger partial charge in [-0.3, -0.25) is 0 Å². The molecule has 4 heteroatoms. The maximum Gasteiger partial charge on any atom is 0.160 e. The van der Waals surface area contributed by atoms with Crippen LogP contribution in [0.15, 0.2) is 182 Å². The van der Waals surface area contributed by atoms with Gasteiger partial charge < -0.3 is 9.13 Å². The molecular weight excluding hydrogens is 729 g/mol. The van der Waals surface area contributed by atoms with Gasteiger partial charge in [-0.15, -0.1) is 0 Å². The molecule has 0 radical (unpaired) electrons. The molecule has 8 aromatic carbocycles. The number of rotatable bonds is 6. The number of hydrogen-bond acceptors (Lipinski definition) is 2. The third-order valence-electron chi connectivity index (χ3n) is 11.9. The van der Waals surface area contributed by atoms with Crippen LogP contribution in [0.5, 0.6) is 0 Å². The molecule has 3 heterocycles. The van der Waals surface area contributed by atoms with E-state index in [9.17, 15) is 0 Å². The first-order valence-electron chi connectivity index (χ1n) is 20.7. The average Bonchev–Trinajstić information content (AvgIpc) is 3.77. The van der Waals surface area contributed by atoms with Crippen molar-refractivity contribution in [2.75, 3.05) is 0 Å². The van der Waals surface area contributed by atoms with E-state index >= 15 is 0 Å². The molecule has 0 unspecified atom stereocenters. The summed E-state index contributed by atoms with van der Waals surface area (Å²) >= 11 is 0. The number of nitrogens with zero attached hydrogens (tertiary/aromatic N) is 4. The Hall–Kier alpha value is -7.56. The molecule has 0 fully saturated rings. The fraction of sp³-hybridized carbons (Fsp3) is 0.0714. The van der Waals surface area contributed by atoms with Crippen LogP contribution in [0.25, 0.3) is 100 Å². The Morgan fingerprint density at radius 3 is 1.23 bits per heavy atom. The predicted molar refractivity (Wildman–Crippen MR) is 251 cm³/mol. The van der Waals surface area contributed by atoms with Crippen molar-refractivity contribution >= 4 is 43.6 Å². The Morgan fingerprint density at radius 1 is 0.317 bits per heavy atom. The normalized spacial score (nSPS) is 11.7. The maximum absolute atomic E-state index is 5.29. The van der Waals surface area contributed by atoms with Gasteiger partial charge >= 0.3 is 0 Å². The van der Waals surface area contributed by atoms with Crippen LogP contribution in [0.4, 0.5) is 0 Å². The molecule has 11 rings (SSSR count). The van der Waals surface area contributed by atoms with Crippen LogP contribution in [0, 0.1) is 27.7 Å². The summed E-state index contributed by atoms with van der Waals surface area (Å²) in [5.74, 6) is 0.696. The monoisotopic (exact) mass is 770 g/mol. The summed E-state index contributed by atoms with van der Waals surface area (Å²) in [4.78, 5) is 10.4. The lowest BCUT2D eigenvalue weighted by Gasteiger charge is -2.20. The minimum absolute atomic E-state index is 0.696. The standard InChI is InChI=1S/C56H42N4/c1-35-19-24-51-43(29-35)44-30-36(2)20-25-52(44)59(51)50-18-12-11-17-42(50)47-33-41(49-34-48(39-13-7-5-8-14-39)57-56(58-49)40-15-9-6-10-16-40)23-28-55(47)60-53-26-21-37(3)31-45(53)46-32-38(4)22-27-54(46)60/h5-34H,1-4H3. The molecule has 0 saturated carbocycles. The van der Waals surface area contributed by atoms with Crippen LogP contribution < -0.4 is 0 Å². The molecule has 0 saturated heterocycles. The largest absolute Gasteiger partial charge is 0.309 e. The van der Waals surface area contributed by atoms with Crippen molar-refractivity contribution in [3.63, 3.8) is 0 Å². The van der Waals surface area contributed by atoms with Crippen molar-refractivity contribution in [2.45, 2.75) is 27.7 Å². The minimum atomic E-state index is 0.696. The van der Waals surface area contributed by atoms with Gasteiger partial charge in [-0.1, -0.05) is 131 Å². The number of benzene rings is 8. The van der Waals surface area contributed by atoms with Crippen molar-refractivity contribution in [2.24, 2.45) is 0 Å². The SMILES string of the molecule is Cc1ccc2c(c1)c1cc(C)ccc1n2-c1ccccc1-c1cc(-c2cc(-c3ccccc3)nc(-c3ccccc3)n2)ccc1-n1c2ccc(C)cc2c2cc(C)ccc21. The van der Waals surface area contributed by atoms with Gasteiger partial charge in [-0.05, 0) is 100 Å². The lowest BCUT2D eigenvalue weighted by Crippen LogP contribution is -2.02. The van der Waals surface area contributed by atoms with Crippen molar-refractivity contribution < 1.29 is 0 Å². The summed E-state index contributed by atoms with van der Waals surface area (Å²) in [6.45, 7) is 8.72. The highest BCUT2D eigenvalue weighted by Crippen LogP contribution is 2.43. The van der Waals surface area contributed by atoms with Crippen molar-refractivity contribution in [3.05, 3.63) is 204 Å². The van der Waals surface area contributed by atoms with Gasteiger partial charge in [0.1, 0.15) is 0 Å². The molecule has 0 amide bonds. The minimum Gasteiger partial charge on any atom is -0.309 e. The van der Waals surface area contributed by atoms with Gasteiger partial charge in [-0.2, -0.15) is 0 Å². The highest BCUT2D eigenvalue weighted by Gasteiger charge is 2.22. The van der Waals surface area contributed by atoms with Gasteiger partial charge in [0.25, 0.3) is 0 Å². The van der Waals surface area contributed by atoms with Crippen LogP contribution in [0.3, 0.4) is 0 Å². The maximum atomic E-state index is 5.29. The van der Waals surface area contributed by atoms with E-state index in [1.54, 1.807) is 0 Å². The van der Waals surface area contributed by atoms with E-state index in [0.717, 1.165) is 50.6 Å². The molecule has 0 spiro atoms. The van der Waals surface area contributed by atoms with E-state index in [-0.39, 0.29) is 0 Å². The molecule has 0 aliphatic carbocycles. The van der Waals surface area contributed by atoms with Crippen LogP contribution in [-0.4, -0.2) is 19.1 Å². The van der Waals surface area contributed by atoms with Gasteiger partial charge in [0, 0.05) is 49.4 Å². The molecule has 0 bridgehead atoms. The van der Waals surface area contributed by atoms with Crippen molar-refractivity contribution in [1.82, 2.24) is 19.1 Å². The number of para-hydroxylation sites is 1. The van der Waals surface area contributed by atoms with Crippen LogP contribution in [0.2, 0.25) is 0 Å². The smallest absolute Gasteiger partial charge is 0.160 e. The molecule has 4 nitrogen and oxygen atoms in total. The van der Waals surface area contributed by atoms with E-state index in [4.69, 9.17) is 9.97 Å². The Balaban J connectivity index is 1.23. The van der Waals surface area contributed by atoms with E-state index in [0.29, 0.717) is 5.82 Å². The highest BCUT2D eigenvalue weighted by atomic mass is 15.0. The van der Waals surface area contributed by atoms with E-state index in [2.05, 4.69) is 195 Å². The number of fused-ring (bicyclic) bond motifs is 6. The molecule has 11 aromatic rings. The van der Waals surface area contributed by atoms with E-state index in [1.165, 1.54) is 65.9 Å². The Labute approximate surface area is 349 Å². The zero-order chi connectivity index (χ0) is 40.5. The zero-order valence-corrected chi connectivity index (χ0v) is 34.1. The van der Waals surface area contributed by atoms with Crippen molar-refractivity contribution in [3.8, 4) is 56.4 Å². The summed E-state index contributed by atoms with van der Waals surface area (Å²) in [5.41, 5.74) is 19.0. The summed E-state index contributed by atoms with van der Waals surface area (Å²) in [6.07, 6.45) is 0. The molecule has 60 heavy (non-hydrogen) atoms. The number of aromatic nitrogens is 4. The second-order valence-corrected chi connectivity index (χ2v) is 16.2. The van der Waals surface area contributed by atoms with Crippen LogP contribution in [-0.2, 0) is 0 Å². The highest BCUT2D eigenvalue weighted by molar-refractivity contribution is 6.12. The molecule has 0 atom stereocenters. The number of aryl methyl sites for hydroxylation is 4. The van der Waals surface area contributed by atoms with Gasteiger partial charge in [-0.25, -0.2) is 9.97 Å². The molecular formula is C56H42N4. The van der Waals surface area contributed by atoms with Gasteiger partial charge in [0.05, 0.1) is 44.8 Å². The summed E-state index contributed by atoms with van der Waals surface area (Å²) in [6, 6.07) is 65.9. The molecule has 0 N–H and O–H groups in total. The summed E-state index contributed by atoms with van der Waals surface area (Å²) < 4.78 is 4.92. The Bertz CT molecular complexity index is 3290. The zero-order valence-electron chi connectivity index (χ0n) is 34.1. The Morgan fingerprint density at radius 2 is 0.733 bits per heavy atom. The Kier molecular flexibility index (Phi) is 8.35. The van der Waals surface area contributed by atoms with Gasteiger partial charge in [0.2, 0.25) is 0 Å². The number of hydrogen-bond donors (Lipinski definition) is 0. The molecule has 286 valence electrons. The lowest BCUT2D eigenvalue weighted by molar-refractivity contribution is 1.15. The second-order valence-electron chi connectivity index (χ2n) is 16.2. The lowest BCUT2D eigenvalue weighted by atomic mass is 9.96.